The number of carbonyl (C=O) groups is 2. The second kappa shape index (κ2) is 5.05. The molecule has 2 N–H and O–H groups in total. The molecule has 0 unspecified atom stereocenters. The number of hydrogen-bond donors (Lipinski definition) is 1. The Bertz CT molecular complexity index is 540. The molecule has 7 nitrogen and oxygen atoms in total. The largest absolute Gasteiger partial charge is 0.393 e. The number of nitrogens with two attached hydrogens (primary N) is 1. The Morgan fingerprint density at radius 1 is 1.26 bits per heavy atom. The van der Waals surface area contributed by atoms with Gasteiger partial charge in [0, 0.05) is 24.5 Å². The number of carbonyl (C=O) groups excluding carboxylic acids is 2. The van der Waals surface area contributed by atoms with Crippen molar-refractivity contribution in [3.8, 4) is 0 Å². The number of para-hydroxylation sites is 1. The third-order valence-electron chi connectivity index (χ3n) is 3.08. The first-order valence-electron chi connectivity index (χ1n) is 5.85. The summed E-state index contributed by atoms with van der Waals surface area (Å²) in [6.45, 7) is -0.00875. The Labute approximate surface area is 109 Å². The molecule has 0 atom stereocenters. The second-order valence-corrected chi connectivity index (χ2v) is 4.33. The lowest BCUT2D eigenvalue weighted by atomic mass is 10.1. The lowest BCUT2D eigenvalue weighted by molar-refractivity contribution is -0.384. The van der Waals surface area contributed by atoms with E-state index < -0.39 is 4.92 Å². The number of anilines is 1. The standard InChI is InChI=1S/C12H13N3O4/c13-12-8(3-1-4-9(12)15(18)19)7-14-10(16)5-2-6-11(14)17/h1,3-4H,2,5-7,13H2. The van der Waals surface area contributed by atoms with Crippen LogP contribution in [0.4, 0.5) is 11.4 Å². The molecule has 0 radical (unpaired) electrons. The molecule has 0 aliphatic carbocycles. The van der Waals surface area contributed by atoms with Gasteiger partial charge in [-0.1, -0.05) is 12.1 Å². The molecule has 1 fully saturated rings. The van der Waals surface area contributed by atoms with E-state index in [0.717, 1.165) is 4.90 Å². The molecule has 19 heavy (non-hydrogen) atoms. The van der Waals surface area contributed by atoms with E-state index in [9.17, 15) is 19.7 Å². The van der Waals surface area contributed by atoms with E-state index in [2.05, 4.69) is 0 Å². The lowest BCUT2D eigenvalue weighted by Crippen LogP contribution is -2.39. The maximum Gasteiger partial charge on any atom is 0.292 e. The van der Waals surface area contributed by atoms with Gasteiger partial charge >= 0.3 is 0 Å². The van der Waals surface area contributed by atoms with E-state index in [1.807, 2.05) is 0 Å². The second-order valence-electron chi connectivity index (χ2n) is 4.33. The van der Waals surface area contributed by atoms with Gasteiger partial charge < -0.3 is 5.73 Å². The predicted octanol–water partition coefficient (Wildman–Crippen LogP) is 1.22. The summed E-state index contributed by atoms with van der Waals surface area (Å²) >= 11 is 0. The van der Waals surface area contributed by atoms with Crippen molar-refractivity contribution in [1.29, 1.82) is 0 Å². The average Bonchev–Trinajstić information content (AvgIpc) is 2.35. The average molecular weight is 263 g/mol. The van der Waals surface area contributed by atoms with Crippen LogP contribution in [0.2, 0.25) is 0 Å². The van der Waals surface area contributed by atoms with Gasteiger partial charge in [-0.25, -0.2) is 0 Å². The molecule has 1 aliphatic heterocycles. The lowest BCUT2D eigenvalue weighted by Gasteiger charge is -2.25. The van der Waals surface area contributed by atoms with E-state index in [1.54, 1.807) is 6.07 Å². The quantitative estimate of drug-likeness (QED) is 0.382. The highest BCUT2D eigenvalue weighted by molar-refractivity contribution is 5.97. The van der Waals surface area contributed by atoms with Crippen LogP contribution < -0.4 is 5.73 Å². The summed E-state index contributed by atoms with van der Waals surface area (Å²) in [6.07, 6.45) is 1.19. The normalized spacial score (nSPS) is 15.7. The zero-order valence-corrected chi connectivity index (χ0v) is 10.2. The SMILES string of the molecule is Nc1c(CN2C(=O)CCCC2=O)cccc1[N+](=O)[O-]. The van der Waals surface area contributed by atoms with Gasteiger partial charge in [-0.05, 0) is 6.42 Å². The van der Waals surface area contributed by atoms with Crippen molar-refractivity contribution in [3.63, 3.8) is 0 Å². The van der Waals surface area contributed by atoms with E-state index in [4.69, 9.17) is 5.73 Å². The molecule has 0 spiro atoms. The van der Waals surface area contributed by atoms with E-state index >= 15 is 0 Å². The zero-order valence-electron chi connectivity index (χ0n) is 10.2. The Morgan fingerprint density at radius 2 is 1.89 bits per heavy atom. The molecule has 1 aromatic rings. The highest BCUT2D eigenvalue weighted by Crippen LogP contribution is 2.27. The number of amides is 2. The number of nitrogens with zero attached hydrogens (tertiary/aromatic N) is 2. The van der Waals surface area contributed by atoms with Crippen molar-refractivity contribution in [3.05, 3.63) is 33.9 Å². The molecule has 0 saturated carbocycles. The van der Waals surface area contributed by atoms with Gasteiger partial charge in [-0.15, -0.1) is 0 Å². The van der Waals surface area contributed by atoms with Crippen LogP contribution in [0, 0.1) is 10.1 Å². The molecule has 2 rings (SSSR count). The number of imide groups is 1. The Balaban J connectivity index is 2.28. The fourth-order valence-corrected chi connectivity index (χ4v) is 2.04. The van der Waals surface area contributed by atoms with E-state index in [0.29, 0.717) is 24.8 Å². The topological polar surface area (TPSA) is 107 Å². The van der Waals surface area contributed by atoms with Crippen molar-refractivity contribution < 1.29 is 14.5 Å². The molecule has 0 bridgehead atoms. The van der Waals surface area contributed by atoms with Gasteiger partial charge in [0.2, 0.25) is 11.8 Å². The van der Waals surface area contributed by atoms with Gasteiger partial charge in [0.05, 0.1) is 11.5 Å². The van der Waals surface area contributed by atoms with Crippen LogP contribution in [0.25, 0.3) is 0 Å². The monoisotopic (exact) mass is 263 g/mol. The number of rotatable bonds is 3. The molecule has 1 heterocycles. The van der Waals surface area contributed by atoms with Gasteiger partial charge in [-0.2, -0.15) is 0 Å². The Morgan fingerprint density at radius 3 is 2.47 bits per heavy atom. The minimum atomic E-state index is -0.585. The summed E-state index contributed by atoms with van der Waals surface area (Å²) in [5.41, 5.74) is 5.90. The van der Waals surface area contributed by atoms with Crippen LogP contribution in [-0.2, 0) is 16.1 Å². The number of benzene rings is 1. The molecule has 1 aromatic carbocycles. The van der Waals surface area contributed by atoms with Crippen molar-refractivity contribution in [2.45, 2.75) is 25.8 Å². The van der Waals surface area contributed by atoms with Crippen molar-refractivity contribution in [1.82, 2.24) is 4.90 Å². The Hall–Kier alpha value is -2.44. The van der Waals surface area contributed by atoms with Gasteiger partial charge in [-0.3, -0.25) is 24.6 Å². The van der Waals surface area contributed by atoms with E-state index in [-0.39, 0.29) is 29.7 Å². The first-order valence-corrected chi connectivity index (χ1v) is 5.85. The van der Waals surface area contributed by atoms with Crippen LogP contribution in [0.1, 0.15) is 24.8 Å². The fraction of sp³-hybridized carbons (Fsp3) is 0.333. The van der Waals surface area contributed by atoms with Crippen molar-refractivity contribution >= 4 is 23.2 Å². The van der Waals surface area contributed by atoms with Gasteiger partial charge in [0.25, 0.3) is 5.69 Å². The third kappa shape index (κ3) is 2.54. The van der Waals surface area contributed by atoms with Crippen LogP contribution in [0.15, 0.2) is 18.2 Å². The molecule has 0 aromatic heterocycles. The predicted molar refractivity (Wildman–Crippen MR) is 66.9 cm³/mol. The third-order valence-corrected chi connectivity index (χ3v) is 3.08. The molecule has 100 valence electrons. The summed E-state index contributed by atoms with van der Waals surface area (Å²) in [6, 6.07) is 4.36. The molecule has 1 saturated heterocycles. The molecule has 2 amide bonds. The van der Waals surface area contributed by atoms with Gasteiger partial charge in [0.15, 0.2) is 0 Å². The van der Waals surface area contributed by atoms with Gasteiger partial charge in [0.1, 0.15) is 5.69 Å². The number of likely N-dealkylation sites (tertiary alicyclic amines) is 1. The molecule has 7 heteroatoms. The smallest absolute Gasteiger partial charge is 0.292 e. The van der Waals surface area contributed by atoms with Crippen molar-refractivity contribution in [2.24, 2.45) is 0 Å². The molecular formula is C12H13N3O4. The minimum absolute atomic E-state index is 0.00123. The molecular weight excluding hydrogens is 250 g/mol. The number of nitrogen functional groups attached to an aromatic ring is 1. The molecule has 1 aliphatic rings. The highest BCUT2D eigenvalue weighted by atomic mass is 16.6. The summed E-state index contributed by atoms with van der Waals surface area (Å²) in [5, 5.41) is 10.8. The first-order chi connectivity index (χ1) is 9.00. The maximum atomic E-state index is 11.7. The fourth-order valence-electron chi connectivity index (χ4n) is 2.04. The summed E-state index contributed by atoms with van der Waals surface area (Å²) in [7, 11) is 0. The first kappa shape index (κ1) is 13.0. The van der Waals surface area contributed by atoms with Crippen molar-refractivity contribution in [2.75, 3.05) is 5.73 Å². The minimum Gasteiger partial charge on any atom is -0.393 e. The number of piperidine rings is 1. The van der Waals surface area contributed by atoms with E-state index in [1.165, 1.54) is 12.1 Å². The zero-order chi connectivity index (χ0) is 14.0. The van der Waals surface area contributed by atoms with Crippen LogP contribution in [0.5, 0.6) is 0 Å². The number of hydrogen-bond acceptors (Lipinski definition) is 5. The summed E-state index contributed by atoms with van der Waals surface area (Å²) < 4.78 is 0. The number of nitro benzene ring substituents is 1. The summed E-state index contributed by atoms with van der Waals surface area (Å²) in [5.74, 6) is -0.524. The van der Waals surface area contributed by atoms with Crippen LogP contribution in [0.3, 0.4) is 0 Å². The van der Waals surface area contributed by atoms with Crippen LogP contribution in [-0.4, -0.2) is 21.6 Å². The highest BCUT2D eigenvalue weighted by Gasteiger charge is 2.27. The maximum absolute atomic E-state index is 11.7. The Kier molecular flexibility index (Phi) is 3.46. The van der Waals surface area contributed by atoms with Crippen LogP contribution >= 0.6 is 0 Å². The summed E-state index contributed by atoms with van der Waals surface area (Å²) in [4.78, 5) is 34.6. The number of nitro groups is 1.